The molecule has 1 aliphatic carbocycles. The van der Waals surface area contributed by atoms with Gasteiger partial charge >= 0.3 is 0 Å². The summed E-state index contributed by atoms with van der Waals surface area (Å²) in [6.45, 7) is 0. The molecule has 1 fully saturated rings. The van der Waals surface area contributed by atoms with Crippen molar-refractivity contribution in [3.05, 3.63) is 35.4 Å². The van der Waals surface area contributed by atoms with Crippen LogP contribution in [0, 0.1) is 11.6 Å². The summed E-state index contributed by atoms with van der Waals surface area (Å²) in [5.74, 6) is -1.50. The molecule has 1 aromatic carbocycles. The minimum Gasteiger partial charge on any atom is -0.353 e. The number of hydrogen-bond donors (Lipinski definition) is 2. The normalized spacial score (nSPS) is 22.6. The van der Waals surface area contributed by atoms with E-state index < -0.39 is 11.6 Å². The van der Waals surface area contributed by atoms with E-state index in [9.17, 15) is 13.6 Å². The van der Waals surface area contributed by atoms with Crippen LogP contribution in [0.1, 0.15) is 31.2 Å². The molecule has 20 heavy (non-hydrogen) atoms. The number of carbonyl (C=O) groups is 1. The van der Waals surface area contributed by atoms with Crippen LogP contribution in [0.25, 0.3) is 0 Å². The fourth-order valence-electron chi connectivity index (χ4n) is 2.64. The van der Waals surface area contributed by atoms with Gasteiger partial charge in [-0.25, -0.2) is 8.78 Å². The second-order valence-electron chi connectivity index (χ2n) is 5.32. The van der Waals surface area contributed by atoms with Gasteiger partial charge in [-0.3, -0.25) is 4.79 Å². The highest BCUT2D eigenvalue weighted by molar-refractivity contribution is 5.78. The second kappa shape index (κ2) is 6.79. The quantitative estimate of drug-likeness (QED) is 0.888. The average molecular weight is 282 g/mol. The van der Waals surface area contributed by atoms with E-state index in [2.05, 4.69) is 10.6 Å². The van der Waals surface area contributed by atoms with E-state index >= 15 is 0 Å². The van der Waals surface area contributed by atoms with Crippen molar-refractivity contribution in [1.82, 2.24) is 10.6 Å². The molecule has 1 amide bonds. The molecule has 0 aromatic heterocycles. The predicted molar refractivity (Wildman–Crippen MR) is 73.3 cm³/mol. The third-order valence-electron chi connectivity index (χ3n) is 3.87. The van der Waals surface area contributed by atoms with Gasteiger partial charge in [-0.15, -0.1) is 0 Å². The first-order chi connectivity index (χ1) is 9.58. The molecule has 0 unspecified atom stereocenters. The highest BCUT2D eigenvalue weighted by Gasteiger charge is 2.21. The summed E-state index contributed by atoms with van der Waals surface area (Å²) in [6, 6.07) is 3.99. The molecule has 5 heteroatoms. The lowest BCUT2D eigenvalue weighted by molar-refractivity contribution is -0.121. The van der Waals surface area contributed by atoms with Gasteiger partial charge < -0.3 is 10.6 Å². The zero-order valence-corrected chi connectivity index (χ0v) is 11.6. The van der Waals surface area contributed by atoms with Crippen molar-refractivity contribution in [1.29, 1.82) is 0 Å². The molecule has 0 radical (unpaired) electrons. The highest BCUT2D eigenvalue weighted by Crippen LogP contribution is 2.18. The smallest absolute Gasteiger partial charge is 0.224 e. The van der Waals surface area contributed by atoms with Crippen LogP contribution >= 0.6 is 0 Å². The Morgan fingerprint density at radius 1 is 1.20 bits per heavy atom. The van der Waals surface area contributed by atoms with E-state index in [1.165, 1.54) is 12.1 Å². The Morgan fingerprint density at radius 2 is 1.85 bits per heavy atom. The molecule has 2 N–H and O–H groups in total. The molecule has 110 valence electrons. The highest BCUT2D eigenvalue weighted by atomic mass is 19.1. The standard InChI is InChI=1S/C15H20F2N2O/c1-18-12-4-6-13(7-5-12)19-15(20)8-10-2-3-11(16)9-14(10)17/h2-3,9,12-13,18H,4-8H2,1H3,(H,19,20). The molecule has 0 saturated heterocycles. The van der Waals surface area contributed by atoms with Crippen molar-refractivity contribution >= 4 is 5.91 Å². The molecule has 2 rings (SSSR count). The topological polar surface area (TPSA) is 41.1 Å². The van der Waals surface area contributed by atoms with E-state index in [0.29, 0.717) is 6.04 Å². The molecular formula is C15H20F2N2O. The van der Waals surface area contributed by atoms with Crippen molar-refractivity contribution in [2.75, 3.05) is 7.05 Å². The van der Waals surface area contributed by atoms with Crippen LogP contribution in [-0.4, -0.2) is 25.0 Å². The van der Waals surface area contributed by atoms with Crippen LogP contribution < -0.4 is 10.6 Å². The largest absolute Gasteiger partial charge is 0.353 e. The van der Waals surface area contributed by atoms with Crippen LogP contribution in [0.4, 0.5) is 8.78 Å². The van der Waals surface area contributed by atoms with Crippen LogP contribution in [0.2, 0.25) is 0 Å². The fraction of sp³-hybridized carbons (Fsp3) is 0.533. The molecule has 1 aliphatic rings. The third-order valence-corrected chi connectivity index (χ3v) is 3.87. The number of benzene rings is 1. The average Bonchev–Trinajstić information content (AvgIpc) is 2.43. The summed E-state index contributed by atoms with van der Waals surface area (Å²) in [4.78, 5) is 11.9. The first-order valence-electron chi connectivity index (χ1n) is 6.99. The molecule has 1 saturated carbocycles. The third kappa shape index (κ3) is 4.00. The van der Waals surface area contributed by atoms with Gasteiger partial charge in [0.1, 0.15) is 11.6 Å². The number of carbonyl (C=O) groups excluding carboxylic acids is 1. The maximum atomic E-state index is 13.5. The van der Waals surface area contributed by atoms with Crippen molar-refractivity contribution in [3.63, 3.8) is 0 Å². The first-order valence-corrected chi connectivity index (χ1v) is 6.99. The van der Waals surface area contributed by atoms with Crippen molar-refractivity contribution < 1.29 is 13.6 Å². The van der Waals surface area contributed by atoms with Crippen molar-refractivity contribution in [2.45, 2.75) is 44.2 Å². The Labute approximate surface area is 117 Å². The van der Waals surface area contributed by atoms with Gasteiger partial charge in [0.15, 0.2) is 0 Å². The zero-order valence-electron chi connectivity index (χ0n) is 11.6. The molecule has 0 atom stereocenters. The van der Waals surface area contributed by atoms with Gasteiger partial charge in [0.2, 0.25) is 5.91 Å². The van der Waals surface area contributed by atoms with E-state index in [4.69, 9.17) is 0 Å². The Kier molecular flexibility index (Phi) is 5.06. The summed E-state index contributed by atoms with van der Waals surface area (Å²) in [7, 11) is 1.95. The fourth-order valence-corrected chi connectivity index (χ4v) is 2.64. The van der Waals surface area contributed by atoms with E-state index in [1.807, 2.05) is 7.05 Å². The van der Waals surface area contributed by atoms with Gasteiger partial charge in [-0.2, -0.15) is 0 Å². The minimum absolute atomic E-state index is 0.0436. The molecule has 0 heterocycles. The monoisotopic (exact) mass is 282 g/mol. The molecule has 1 aromatic rings. The van der Waals surface area contributed by atoms with E-state index in [1.54, 1.807) is 0 Å². The van der Waals surface area contributed by atoms with Gasteiger partial charge in [0.05, 0.1) is 6.42 Å². The van der Waals surface area contributed by atoms with Crippen LogP contribution in [-0.2, 0) is 11.2 Å². The van der Waals surface area contributed by atoms with Crippen molar-refractivity contribution in [3.8, 4) is 0 Å². The van der Waals surface area contributed by atoms with E-state index in [0.717, 1.165) is 31.7 Å². The van der Waals surface area contributed by atoms with Gasteiger partial charge in [-0.05, 0) is 44.4 Å². The summed E-state index contributed by atoms with van der Waals surface area (Å²) in [5.41, 5.74) is 0.229. The Bertz CT molecular complexity index is 471. The van der Waals surface area contributed by atoms with E-state index in [-0.39, 0.29) is 23.9 Å². The maximum Gasteiger partial charge on any atom is 0.224 e. The predicted octanol–water partition coefficient (Wildman–Crippen LogP) is 2.15. The summed E-state index contributed by atoms with van der Waals surface area (Å²) in [6.07, 6.45) is 3.89. The minimum atomic E-state index is -0.668. The lowest BCUT2D eigenvalue weighted by Crippen LogP contribution is -2.41. The number of hydrogen-bond acceptors (Lipinski definition) is 2. The molecule has 0 aliphatic heterocycles. The number of nitrogens with one attached hydrogen (secondary N) is 2. The van der Waals surface area contributed by atoms with Crippen LogP contribution in [0.3, 0.4) is 0 Å². The Balaban J connectivity index is 1.84. The first kappa shape index (κ1) is 14.9. The Hall–Kier alpha value is -1.49. The van der Waals surface area contributed by atoms with Gasteiger partial charge in [0.25, 0.3) is 0 Å². The SMILES string of the molecule is CNC1CCC(NC(=O)Cc2ccc(F)cc2F)CC1. The van der Waals surface area contributed by atoms with Gasteiger partial charge in [-0.1, -0.05) is 6.07 Å². The lowest BCUT2D eigenvalue weighted by Gasteiger charge is -2.28. The maximum absolute atomic E-state index is 13.5. The Morgan fingerprint density at radius 3 is 2.45 bits per heavy atom. The molecule has 3 nitrogen and oxygen atoms in total. The number of rotatable bonds is 4. The zero-order chi connectivity index (χ0) is 14.5. The number of amides is 1. The summed E-state index contributed by atoms with van der Waals surface area (Å²) in [5, 5.41) is 6.16. The van der Waals surface area contributed by atoms with Crippen LogP contribution in [0.5, 0.6) is 0 Å². The molecule has 0 bridgehead atoms. The lowest BCUT2D eigenvalue weighted by atomic mass is 9.91. The summed E-state index contributed by atoms with van der Waals surface area (Å²) >= 11 is 0. The summed E-state index contributed by atoms with van der Waals surface area (Å²) < 4.78 is 26.2. The second-order valence-corrected chi connectivity index (χ2v) is 5.32. The van der Waals surface area contributed by atoms with Gasteiger partial charge in [0, 0.05) is 18.2 Å². The van der Waals surface area contributed by atoms with Crippen LogP contribution in [0.15, 0.2) is 18.2 Å². The van der Waals surface area contributed by atoms with Crippen molar-refractivity contribution in [2.24, 2.45) is 0 Å². The molecule has 0 spiro atoms. The molecular weight excluding hydrogens is 262 g/mol. The number of halogens is 2.